The molecule has 15 heavy (non-hydrogen) atoms. The molecule has 0 aliphatic heterocycles. The van der Waals surface area contributed by atoms with Crippen LogP contribution in [0, 0.1) is 5.92 Å². The Morgan fingerprint density at radius 1 is 1.67 bits per heavy atom. The van der Waals surface area contributed by atoms with Crippen molar-refractivity contribution in [2.45, 2.75) is 25.4 Å². The van der Waals surface area contributed by atoms with Crippen molar-refractivity contribution >= 4 is 5.97 Å². The minimum Gasteiger partial charge on any atom is -0.480 e. The Bertz CT molecular complexity index is 319. The van der Waals surface area contributed by atoms with E-state index in [0.717, 1.165) is 12.8 Å². The topological polar surface area (TPSA) is 67.2 Å². The van der Waals surface area contributed by atoms with Gasteiger partial charge in [0.1, 0.15) is 6.04 Å². The smallest absolute Gasteiger partial charge is 0.320 e. The quantitative estimate of drug-likeness (QED) is 0.708. The standard InChI is InChI=1S/C10H15N3O2/c14-10(15)9(8-2-3-8)11-5-7-13-6-1-4-12-13/h1,4,6,8-9,11H,2-3,5,7H2,(H,14,15). The summed E-state index contributed by atoms with van der Waals surface area (Å²) in [5, 5.41) is 16.1. The SMILES string of the molecule is O=C(O)C(NCCn1cccn1)C1CC1. The predicted molar refractivity (Wildman–Crippen MR) is 54.4 cm³/mol. The lowest BCUT2D eigenvalue weighted by Gasteiger charge is -2.13. The van der Waals surface area contributed by atoms with Gasteiger partial charge >= 0.3 is 5.97 Å². The molecule has 1 fully saturated rings. The van der Waals surface area contributed by atoms with E-state index < -0.39 is 5.97 Å². The number of carboxylic acids is 1. The van der Waals surface area contributed by atoms with Crippen LogP contribution in [0.15, 0.2) is 18.5 Å². The van der Waals surface area contributed by atoms with Crippen molar-refractivity contribution in [2.75, 3.05) is 6.54 Å². The number of nitrogens with zero attached hydrogens (tertiary/aromatic N) is 2. The minimum atomic E-state index is -0.738. The lowest BCUT2D eigenvalue weighted by molar-refractivity contribution is -0.140. The van der Waals surface area contributed by atoms with Gasteiger partial charge in [0.15, 0.2) is 0 Å². The Balaban J connectivity index is 1.74. The van der Waals surface area contributed by atoms with Crippen LogP contribution in [0.25, 0.3) is 0 Å². The Labute approximate surface area is 88.1 Å². The van der Waals surface area contributed by atoms with Gasteiger partial charge in [0.2, 0.25) is 0 Å². The molecule has 1 aliphatic rings. The summed E-state index contributed by atoms with van der Waals surface area (Å²) in [6.07, 6.45) is 5.65. The molecular formula is C10H15N3O2. The molecule has 1 saturated carbocycles. The van der Waals surface area contributed by atoms with Gasteiger partial charge in [-0.1, -0.05) is 0 Å². The first kappa shape index (κ1) is 10.2. The van der Waals surface area contributed by atoms with Crippen LogP contribution in [0.3, 0.4) is 0 Å². The lowest BCUT2D eigenvalue weighted by atomic mass is 10.2. The van der Waals surface area contributed by atoms with E-state index in [9.17, 15) is 4.79 Å². The maximum atomic E-state index is 10.9. The second kappa shape index (κ2) is 4.44. The van der Waals surface area contributed by atoms with E-state index in [0.29, 0.717) is 19.0 Å². The first-order valence-corrected chi connectivity index (χ1v) is 5.21. The molecule has 2 N–H and O–H groups in total. The van der Waals surface area contributed by atoms with E-state index >= 15 is 0 Å². The van der Waals surface area contributed by atoms with Crippen LogP contribution in [0.2, 0.25) is 0 Å². The summed E-state index contributed by atoms with van der Waals surface area (Å²) in [6, 6.07) is 1.48. The van der Waals surface area contributed by atoms with Crippen LogP contribution in [-0.4, -0.2) is 33.4 Å². The highest BCUT2D eigenvalue weighted by atomic mass is 16.4. The molecule has 2 rings (SSSR count). The first-order chi connectivity index (χ1) is 7.27. The number of carboxylic acid groups (broad SMARTS) is 1. The van der Waals surface area contributed by atoms with Gasteiger partial charge in [-0.2, -0.15) is 5.10 Å². The van der Waals surface area contributed by atoms with Gasteiger partial charge in [-0.3, -0.25) is 9.48 Å². The second-order valence-corrected chi connectivity index (χ2v) is 3.88. The van der Waals surface area contributed by atoms with Gasteiger partial charge in [0, 0.05) is 18.9 Å². The van der Waals surface area contributed by atoms with Gasteiger partial charge in [0.05, 0.1) is 6.54 Å². The number of rotatable bonds is 6. The summed E-state index contributed by atoms with van der Waals surface area (Å²) >= 11 is 0. The Kier molecular flexibility index (Phi) is 3.01. The van der Waals surface area contributed by atoms with E-state index in [2.05, 4.69) is 10.4 Å². The zero-order valence-electron chi connectivity index (χ0n) is 8.47. The summed E-state index contributed by atoms with van der Waals surface area (Å²) in [6.45, 7) is 1.36. The third kappa shape index (κ3) is 2.79. The molecule has 1 aromatic heterocycles. The molecule has 1 unspecified atom stereocenters. The number of aromatic nitrogens is 2. The fraction of sp³-hybridized carbons (Fsp3) is 0.600. The molecule has 0 aromatic carbocycles. The molecule has 1 atom stereocenters. The fourth-order valence-electron chi connectivity index (χ4n) is 1.65. The number of aliphatic carboxylic acids is 1. The highest BCUT2D eigenvalue weighted by Crippen LogP contribution is 2.32. The molecule has 0 amide bonds. The van der Waals surface area contributed by atoms with Crippen molar-refractivity contribution in [3.05, 3.63) is 18.5 Å². The average Bonchev–Trinajstić information content (AvgIpc) is 2.89. The molecule has 82 valence electrons. The van der Waals surface area contributed by atoms with Gasteiger partial charge in [0.25, 0.3) is 0 Å². The highest BCUT2D eigenvalue weighted by Gasteiger charge is 2.35. The normalized spacial score (nSPS) is 17.6. The molecule has 0 saturated heterocycles. The van der Waals surface area contributed by atoms with Crippen molar-refractivity contribution in [3.63, 3.8) is 0 Å². The summed E-state index contributed by atoms with van der Waals surface area (Å²) in [4.78, 5) is 10.9. The predicted octanol–water partition coefficient (Wildman–Crippen LogP) is 0.336. The number of carbonyl (C=O) groups is 1. The van der Waals surface area contributed by atoms with Crippen molar-refractivity contribution in [1.82, 2.24) is 15.1 Å². The number of hydrogen-bond acceptors (Lipinski definition) is 3. The molecule has 0 radical (unpaired) electrons. The molecule has 1 aliphatic carbocycles. The van der Waals surface area contributed by atoms with Crippen LogP contribution in [0.1, 0.15) is 12.8 Å². The van der Waals surface area contributed by atoms with Crippen molar-refractivity contribution in [2.24, 2.45) is 5.92 Å². The zero-order valence-corrected chi connectivity index (χ0v) is 8.47. The maximum Gasteiger partial charge on any atom is 0.320 e. The van der Waals surface area contributed by atoms with E-state index in [1.807, 2.05) is 12.3 Å². The van der Waals surface area contributed by atoms with Crippen molar-refractivity contribution < 1.29 is 9.90 Å². The summed E-state index contributed by atoms with van der Waals surface area (Å²) < 4.78 is 1.79. The van der Waals surface area contributed by atoms with Crippen LogP contribution in [-0.2, 0) is 11.3 Å². The molecule has 1 aromatic rings. The first-order valence-electron chi connectivity index (χ1n) is 5.21. The van der Waals surface area contributed by atoms with Crippen molar-refractivity contribution in [3.8, 4) is 0 Å². The highest BCUT2D eigenvalue weighted by molar-refractivity contribution is 5.74. The Hall–Kier alpha value is -1.36. The van der Waals surface area contributed by atoms with Crippen molar-refractivity contribution in [1.29, 1.82) is 0 Å². The molecular weight excluding hydrogens is 194 g/mol. The minimum absolute atomic E-state index is 0.333. The fourth-order valence-corrected chi connectivity index (χ4v) is 1.65. The second-order valence-electron chi connectivity index (χ2n) is 3.88. The summed E-state index contributed by atoms with van der Waals surface area (Å²) in [5.74, 6) is -0.405. The summed E-state index contributed by atoms with van der Waals surface area (Å²) in [5.41, 5.74) is 0. The molecule has 0 bridgehead atoms. The van der Waals surface area contributed by atoms with Crippen LogP contribution >= 0.6 is 0 Å². The largest absolute Gasteiger partial charge is 0.480 e. The zero-order chi connectivity index (χ0) is 10.7. The van der Waals surface area contributed by atoms with Gasteiger partial charge in [-0.05, 0) is 24.8 Å². The van der Waals surface area contributed by atoms with Gasteiger partial charge in [-0.15, -0.1) is 0 Å². The monoisotopic (exact) mass is 209 g/mol. The van der Waals surface area contributed by atoms with Gasteiger partial charge < -0.3 is 10.4 Å². The third-order valence-corrected chi connectivity index (χ3v) is 2.62. The van der Waals surface area contributed by atoms with Crippen LogP contribution in [0.5, 0.6) is 0 Å². The average molecular weight is 209 g/mol. The Morgan fingerprint density at radius 3 is 3.00 bits per heavy atom. The third-order valence-electron chi connectivity index (χ3n) is 2.62. The van der Waals surface area contributed by atoms with E-state index in [1.54, 1.807) is 10.9 Å². The molecule has 5 heteroatoms. The summed E-state index contributed by atoms with van der Waals surface area (Å²) in [7, 11) is 0. The van der Waals surface area contributed by atoms with E-state index in [-0.39, 0.29) is 6.04 Å². The molecule has 0 spiro atoms. The van der Waals surface area contributed by atoms with E-state index in [1.165, 1.54) is 0 Å². The van der Waals surface area contributed by atoms with Crippen LogP contribution < -0.4 is 5.32 Å². The van der Waals surface area contributed by atoms with Gasteiger partial charge in [-0.25, -0.2) is 0 Å². The molecule has 5 nitrogen and oxygen atoms in total. The number of hydrogen-bond donors (Lipinski definition) is 2. The number of nitrogens with one attached hydrogen (secondary N) is 1. The maximum absolute atomic E-state index is 10.9. The van der Waals surface area contributed by atoms with E-state index in [4.69, 9.17) is 5.11 Å². The van der Waals surface area contributed by atoms with Crippen LogP contribution in [0.4, 0.5) is 0 Å². The lowest BCUT2D eigenvalue weighted by Crippen LogP contribution is -2.40. The molecule has 1 heterocycles. The Morgan fingerprint density at radius 2 is 2.47 bits per heavy atom.